The first kappa shape index (κ1) is 20.2. The third-order valence-electron chi connectivity index (χ3n) is 4.63. The Balaban J connectivity index is 2.49. The normalized spacial score (nSPS) is 13.4. The maximum atomic E-state index is 12.4. The van der Waals surface area contributed by atoms with E-state index in [1.807, 2.05) is 41.8 Å². The number of rotatable bonds is 10. The fourth-order valence-corrected chi connectivity index (χ4v) is 3.24. The molecule has 0 amide bonds. The fourth-order valence-electron chi connectivity index (χ4n) is 3.24. The molecule has 0 spiro atoms. The summed E-state index contributed by atoms with van der Waals surface area (Å²) in [5.74, 6) is -0.427. The second-order valence-corrected chi connectivity index (χ2v) is 6.47. The van der Waals surface area contributed by atoms with E-state index in [1.165, 1.54) is 0 Å². The van der Waals surface area contributed by atoms with E-state index in [-0.39, 0.29) is 6.04 Å². The van der Waals surface area contributed by atoms with Crippen LogP contribution in [0.3, 0.4) is 0 Å². The number of aliphatic hydroxyl groups is 1. The average Bonchev–Trinajstić information content (AvgIpc) is 3.10. The average molecular weight is 358 g/mol. The summed E-state index contributed by atoms with van der Waals surface area (Å²) in [7, 11) is 0. The molecule has 0 fully saturated rings. The summed E-state index contributed by atoms with van der Waals surface area (Å²) in [5, 5.41) is 10.6. The standard InChI is InChI=1S/C21H30N2O3/c1-4-7-9-14-17(18(24)5-2)23-15-22-19(21(25)26-6-3)20(23)16-12-10-8-11-13-16/h8,10-13,15,17-18,24H,4-7,9,14H2,1-3H3/t17-,18-/m1/s1. The zero-order chi connectivity index (χ0) is 18.9. The minimum absolute atomic E-state index is 0.113. The Morgan fingerprint density at radius 1 is 1.19 bits per heavy atom. The molecule has 0 unspecified atom stereocenters. The smallest absolute Gasteiger partial charge is 0.359 e. The number of esters is 1. The van der Waals surface area contributed by atoms with Crippen LogP contribution in [0.25, 0.3) is 11.3 Å². The first-order valence-electron chi connectivity index (χ1n) is 9.61. The number of nitrogens with zero attached hydrogens (tertiary/aromatic N) is 2. The monoisotopic (exact) mass is 358 g/mol. The zero-order valence-electron chi connectivity index (χ0n) is 16.0. The Morgan fingerprint density at radius 2 is 1.92 bits per heavy atom. The summed E-state index contributed by atoms with van der Waals surface area (Å²) in [6, 6.07) is 9.61. The fraction of sp³-hybridized carbons (Fsp3) is 0.524. The summed E-state index contributed by atoms with van der Waals surface area (Å²) in [5.41, 5.74) is 1.93. The first-order valence-corrected chi connectivity index (χ1v) is 9.61. The van der Waals surface area contributed by atoms with E-state index < -0.39 is 12.1 Å². The summed E-state index contributed by atoms with van der Waals surface area (Å²) < 4.78 is 7.15. The Labute approximate surface area is 156 Å². The van der Waals surface area contributed by atoms with Gasteiger partial charge < -0.3 is 14.4 Å². The van der Waals surface area contributed by atoms with Crippen LogP contribution in [0.1, 0.15) is 69.4 Å². The highest BCUT2D eigenvalue weighted by atomic mass is 16.5. The number of benzene rings is 1. The summed E-state index contributed by atoms with van der Waals surface area (Å²) in [4.78, 5) is 16.8. The van der Waals surface area contributed by atoms with E-state index in [0.29, 0.717) is 18.7 Å². The van der Waals surface area contributed by atoms with Crippen LogP contribution >= 0.6 is 0 Å². The molecule has 1 aromatic carbocycles. The van der Waals surface area contributed by atoms with Crippen molar-refractivity contribution in [2.45, 2.75) is 65.0 Å². The van der Waals surface area contributed by atoms with Gasteiger partial charge in [-0.3, -0.25) is 0 Å². The van der Waals surface area contributed by atoms with Gasteiger partial charge in [-0.2, -0.15) is 0 Å². The highest BCUT2D eigenvalue weighted by Gasteiger charge is 2.27. The second kappa shape index (κ2) is 10.1. The predicted octanol–water partition coefficient (Wildman–Crippen LogP) is 4.62. The van der Waals surface area contributed by atoms with E-state index in [0.717, 1.165) is 36.9 Å². The Morgan fingerprint density at radius 3 is 2.54 bits per heavy atom. The molecule has 0 aliphatic carbocycles. The maximum Gasteiger partial charge on any atom is 0.359 e. The van der Waals surface area contributed by atoms with Crippen LogP contribution in [0, 0.1) is 0 Å². The van der Waals surface area contributed by atoms with Gasteiger partial charge in [0.1, 0.15) is 0 Å². The lowest BCUT2D eigenvalue weighted by Gasteiger charge is -2.26. The molecule has 1 aromatic heterocycles. The molecule has 1 N–H and O–H groups in total. The van der Waals surface area contributed by atoms with Gasteiger partial charge in [0.15, 0.2) is 5.69 Å². The first-order chi connectivity index (χ1) is 12.6. The van der Waals surface area contributed by atoms with Gasteiger partial charge in [-0.05, 0) is 19.8 Å². The summed E-state index contributed by atoms with van der Waals surface area (Å²) >= 11 is 0. The van der Waals surface area contributed by atoms with Gasteiger partial charge in [0.2, 0.25) is 0 Å². The van der Waals surface area contributed by atoms with Crippen molar-refractivity contribution < 1.29 is 14.6 Å². The van der Waals surface area contributed by atoms with Crippen molar-refractivity contribution in [3.05, 3.63) is 42.4 Å². The molecule has 1 heterocycles. The van der Waals surface area contributed by atoms with Crippen LogP contribution < -0.4 is 0 Å². The van der Waals surface area contributed by atoms with E-state index in [4.69, 9.17) is 4.74 Å². The van der Waals surface area contributed by atoms with Gasteiger partial charge in [-0.25, -0.2) is 9.78 Å². The van der Waals surface area contributed by atoms with Crippen LogP contribution in [0.4, 0.5) is 0 Å². The van der Waals surface area contributed by atoms with Crippen molar-refractivity contribution >= 4 is 5.97 Å². The van der Waals surface area contributed by atoms with Crippen molar-refractivity contribution in [1.82, 2.24) is 9.55 Å². The van der Waals surface area contributed by atoms with Crippen molar-refractivity contribution in [3.8, 4) is 11.3 Å². The van der Waals surface area contributed by atoms with Crippen molar-refractivity contribution in [2.24, 2.45) is 0 Å². The molecule has 2 rings (SSSR count). The van der Waals surface area contributed by atoms with Gasteiger partial charge in [0, 0.05) is 5.56 Å². The maximum absolute atomic E-state index is 12.4. The van der Waals surface area contributed by atoms with E-state index >= 15 is 0 Å². The molecular weight excluding hydrogens is 328 g/mol. The number of carbonyl (C=O) groups is 1. The minimum atomic E-state index is -0.487. The topological polar surface area (TPSA) is 64.3 Å². The van der Waals surface area contributed by atoms with Crippen LogP contribution in [-0.4, -0.2) is 33.3 Å². The number of carbonyl (C=O) groups excluding carboxylic acids is 1. The van der Waals surface area contributed by atoms with Crippen molar-refractivity contribution in [2.75, 3.05) is 6.61 Å². The highest BCUT2D eigenvalue weighted by molar-refractivity contribution is 5.94. The molecule has 0 radical (unpaired) electrons. The molecule has 142 valence electrons. The van der Waals surface area contributed by atoms with Crippen LogP contribution in [0.2, 0.25) is 0 Å². The van der Waals surface area contributed by atoms with Crippen LogP contribution in [0.15, 0.2) is 36.7 Å². The molecule has 26 heavy (non-hydrogen) atoms. The Bertz CT molecular complexity index is 682. The summed E-state index contributed by atoms with van der Waals surface area (Å²) in [6.07, 6.45) is 5.95. The third kappa shape index (κ3) is 4.73. The van der Waals surface area contributed by atoms with Crippen molar-refractivity contribution in [1.29, 1.82) is 0 Å². The number of aliphatic hydroxyl groups excluding tert-OH is 1. The number of unbranched alkanes of at least 4 members (excludes halogenated alkanes) is 2. The van der Waals surface area contributed by atoms with E-state index in [1.54, 1.807) is 13.3 Å². The lowest BCUT2D eigenvalue weighted by molar-refractivity contribution is 0.0520. The highest BCUT2D eigenvalue weighted by Crippen LogP contribution is 2.31. The molecular formula is C21H30N2O3. The van der Waals surface area contributed by atoms with Gasteiger partial charge in [0.05, 0.1) is 30.8 Å². The Kier molecular flexibility index (Phi) is 7.85. The lowest BCUT2D eigenvalue weighted by Crippen LogP contribution is -2.24. The number of imidazole rings is 1. The van der Waals surface area contributed by atoms with Crippen molar-refractivity contribution in [3.63, 3.8) is 0 Å². The third-order valence-corrected chi connectivity index (χ3v) is 4.63. The molecule has 0 aliphatic heterocycles. The van der Waals surface area contributed by atoms with Gasteiger partial charge in [-0.15, -0.1) is 0 Å². The van der Waals surface area contributed by atoms with E-state index in [2.05, 4.69) is 11.9 Å². The van der Waals surface area contributed by atoms with Gasteiger partial charge in [-0.1, -0.05) is 63.4 Å². The van der Waals surface area contributed by atoms with Gasteiger partial charge in [0.25, 0.3) is 0 Å². The molecule has 2 aromatic rings. The Hall–Kier alpha value is -2.14. The van der Waals surface area contributed by atoms with Crippen LogP contribution in [-0.2, 0) is 4.74 Å². The summed E-state index contributed by atoms with van der Waals surface area (Å²) in [6.45, 7) is 6.22. The zero-order valence-corrected chi connectivity index (χ0v) is 16.0. The quantitative estimate of drug-likeness (QED) is 0.497. The molecule has 2 atom stereocenters. The predicted molar refractivity (Wildman–Crippen MR) is 103 cm³/mol. The molecule has 0 saturated heterocycles. The largest absolute Gasteiger partial charge is 0.461 e. The second-order valence-electron chi connectivity index (χ2n) is 6.47. The number of ether oxygens (including phenoxy) is 1. The van der Waals surface area contributed by atoms with Gasteiger partial charge >= 0.3 is 5.97 Å². The SMILES string of the molecule is CCCCC[C@H]([C@H](O)CC)n1cnc(C(=O)OCC)c1-c1ccccc1. The molecule has 5 heteroatoms. The van der Waals surface area contributed by atoms with Crippen LogP contribution in [0.5, 0.6) is 0 Å². The minimum Gasteiger partial charge on any atom is -0.461 e. The molecule has 0 bridgehead atoms. The van der Waals surface area contributed by atoms with E-state index in [9.17, 15) is 9.90 Å². The molecule has 0 aliphatic rings. The molecule has 0 saturated carbocycles. The number of aromatic nitrogens is 2. The number of hydrogen-bond donors (Lipinski definition) is 1. The number of hydrogen-bond acceptors (Lipinski definition) is 4. The molecule has 5 nitrogen and oxygen atoms in total. The lowest BCUT2D eigenvalue weighted by atomic mass is 9.99.